The molecule has 3 rings (SSSR count). The van der Waals surface area contributed by atoms with Gasteiger partial charge < -0.3 is 10.2 Å². The van der Waals surface area contributed by atoms with Gasteiger partial charge in [-0.3, -0.25) is 13.9 Å². The van der Waals surface area contributed by atoms with Gasteiger partial charge in [-0.25, -0.2) is 8.42 Å². The quantitative estimate of drug-likeness (QED) is 0.322. The Hall–Kier alpha value is -3.07. The molecule has 0 aliphatic heterocycles. The summed E-state index contributed by atoms with van der Waals surface area (Å²) < 4.78 is 28.5. The Labute approximate surface area is 234 Å². The van der Waals surface area contributed by atoms with Crippen molar-refractivity contribution < 1.29 is 18.0 Å². The zero-order valence-electron chi connectivity index (χ0n) is 21.3. The van der Waals surface area contributed by atoms with Gasteiger partial charge in [0.15, 0.2) is 0 Å². The van der Waals surface area contributed by atoms with E-state index in [0.717, 1.165) is 16.3 Å². The van der Waals surface area contributed by atoms with E-state index in [1.165, 1.54) is 35.2 Å². The van der Waals surface area contributed by atoms with Gasteiger partial charge in [-0.2, -0.15) is 0 Å². The summed E-state index contributed by atoms with van der Waals surface area (Å²) in [4.78, 5) is 28.0. The Morgan fingerprint density at radius 2 is 1.61 bits per heavy atom. The highest BCUT2D eigenvalue weighted by atomic mass is 35.5. The number of nitrogens with one attached hydrogen (secondary N) is 1. The van der Waals surface area contributed by atoms with E-state index in [4.69, 9.17) is 23.2 Å². The smallest absolute Gasteiger partial charge is 0.264 e. The SMILES string of the molecule is CCCNC(=O)[C@@H](C)N(CCc1ccccc1)C(=O)CN(c1cccc(Cl)c1)S(=O)(=O)c1ccc(Cl)cc1. The third-order valence-electron chi connectivity index (χ3n) is 5.98. The van der Waals surface area contributed by atoms with E-state index >= 15 is 0 Å². The van der Waals surface area contributed by atoms with Crippen LogP contribution < -0.4 is 9.62 Å². The van der Waals surface area contributed by atoms with Crippen LogP contribution in [0.4, 0.5) is 5.69 Å². The average Bonchev–Trinajstić information content (AvgIpc) is 2.91. The van der Waals surface area contributed by atoms with Gasteiger partial charge >= 0.3 is 0 Å². The van der Waals surface area contributed by atoms with Crippen LogP contribution in [0.15, 0.2) is 83.8 Å². The van der Waals surface area contributed by atoms with Crippen molar-refractivity contribution >= 4 is 50.7 Å². The molecule has 0 aliphatic carbocycles. The molecule has 0 spiro atoms. The van der Waals surface area contributed by atoms with Gasteiger partial charge in [-0.05, 0) is 67.8 Å². The summed E-state index contributed by atoms with van der Waals surface area (Å²) in [5.74, 6) is -0.819. The highest BCUT2D eigenvalue weighted by Gasteiger charge is 2.32. The number of carbonyl (C=O) groups excluding carboxylic acids is 2. The first kappa shape index (κ1) is 29.5. The molecule has 3 aromatic carbocycles. The largest absolute Gasteiger partial charge is 0.354 e. The Morgan fingerprint density at radius 1 is 0.921 bits per heavy atom. The van der Waals surface area contributed by atoms with E-state index in [2.05, 4.69) is 5.32 Å². The third-order valence-corrected chi connectivity index (χ3v) is 8.25. The molecule has 38 heavy (non-hydrogen) atoms. The van der Waals surface area contributed by atoms with Crippen molar-refractivity contribution in [3.05, 3.63) is 94.5 Å². The molecule has 0 heterocycles. The topological polar surface area (TPSA) is 86.8 Å². The minimum absolute atomic E-state index is 0.0285. The fourth-order valence-corrected chi connectivity index (χ4v) is 5.58. The minimum atomic E-state index is -4.18. The molecule has 3 aromatic rings. The Morgan fingerprint density at radius 3 is 2.24 bits per heavy atom. The summed E-state index contributed by atoms with van der Waals surface area (Å²) in [5, 5.41) is 3.53. The second kappa shape index (κ2) is 13.6. The average molecular weight is 577 g/mol. The molecule has 1 N–H and O–H groups in total. The fraction of sp³-hybridized carbons (Fsp3) is 0.286. The zero-order chi connectivity index (χ0) is 27.7. The predicted octanol–water partition coefficient (Wildman–Crippen LogP) is 5.17. The molecule has 0 radical (unpaired) electrons. The maximum absolute atomic E-state index is 13.8. The third kappa shape index (κ3) is 7.72. The number of anilines is 1. The van der Waals surface area contributed by atoms with E-state index in [1.807, 2.05) is 37.3 Å². The monoisotopic (exact) mass is 575 g/mol. The number of amides is 2. The van der Waals surface area contributed by atoms with E-state index in [-0.39, 0.29) is 23.0 Å². The molecule has 0 saturated carbocycles. The van der Waals surface area contributed by atoms with E-state index < -0.39 is 28.5 Å². The van der Waals surface area contributed by atoms with Gasteiger partial charge in [0.1, 0.15) is 12.6 Å². The number of carbonyl (C=O) groups is 2. The number of hydrogen-bond donors (Lipinski definition) is 1. The molecular formula is C28H31Cl2N3O4S. The summed E-state index contributed by atoms with van der Waals surface area (Å²) in [6.07, 6.45) is 1.25. The number of halogens is 2. The van der Waals surface area contributed by atoms with Gasteiger partial charge in [0.2, 0.25) is 11.8 Å². The second-order valence-electron chi connectivity index (χ2n) is 8.74. The summed E-state index contributed by atoms with van der Waals surface area (Å²) in [5.41, 5.74) is 1.22. The Bertz CT molecular complexity index is 1340. The van der Waals surface area contributed by atoms with Gasteiger partial charge in [0.25, 0.3) is 10.0 Å². The second-order valence-corrected chi connectivity index (χ2v) is 11.5. The highest BCUT2D eigenvalue weighted by molar-refractivity contribution is 7.92. The summed E-state index contributed by atoms with van der Waals surface area (Å²) in [6.45, 7) is 3.77. The summed E-state index contributed by atoms with van der Waals surface area (Å²) in [6, 6.07) is 20.8. The van der Waals surface area contributed by atoms with Crippen LogP contribution in [0, 0.1) is 0 Å². The van der Waals surface area contributed by atoms with Crippen molar-refractivity contribution in [1.29, 1.82) is 0 Å². The first-order chi connectivity index (χ1) is 18.1. The molecule has 202 valence electrons. The molecule has 0 fully saturated rings. The normalized spacial score (nSPS) is 12.0. The first-order valence-electron chi connectivity index (χ1n) is 12.3. The highest BCUT2D eigenvalue weighted by Crippen LogP contribution is 2.27. The van der Waals surface area contributed by atoms with Crippen molar-refractivity contribution in [3.8, 4) is 0 Å². The number of hydrogen-bond acceptors (Lipinski definition) is 4. The molecule has 0 aliphatic rings. The molecule has 0 bridgehead atoms. The molecule has 0 saturated heterocycles. The Balaban J connectivity index is 1.96. The van der Waals surface area contributed by atoms with Crippen molar-refractivity contribution in [2.75, 3.05) is 23.9 Å². The lowest BCUT2D eigenvalue weighted by Crippen LogP contribution is -2.52. The minimum Gasteiger partial charge on any atom is -0.354 e. The van der Waals surface area contributed by atoms with E-state index in [1.54, 1.807) is 25.1 Å². The fourth-order valence-electron chi connectivity index (χ4n) is 3.86. The molecule has 7 nitrogen and oxygen atoms in total. The van der Waals surface area contributed by atoms with Crippen LogP contribution in [0.3, 0.4) is 0 Å². The van der Waals surface area contributed by atoms with Crippen molar-refractivity contribution in [2.24, 2.45) is 0 Å². The standard InChI is InChI=1S/C28H31Cl2N3O4S/c1-3-17-31-28(35)21(2)32(18-16-22-8-5-4-6-9-22)27(34)20-33(25-11-7-10-24(30)19-25)38(36,37)26-14-12-23(29)13-15-26/h4-15,19,21H,3,16-18,20H2,1-2H3,(H,31,35)/t21-/m1/s1. The van der Waals surface area contributed by atoms with Crippen LogP contribution in [0.2, 0.25) is 10.0 Å². The van der Waals surface area contributed by atoms with E-state index in [9.17, 15) is 18.0 Å². The van der Waals surface area contributed by atoms with E-state index in [0.29, 0.717) is 23.0 Å². The van der Waals surface area contributed by atoms with Crippen LogP contribution in [0.1, 0.15) is 25.8 Å². The lowest BCUT2D eigenvalue weighted by Gasteiger charge is -2.32. The number of sulfonamides is 1. The maximum Gasteiger partial charge on any atom is 0.264 e. The lowest BCUT2D eigenvalue weighted by molar-refractivity contribution is -0.138. The molecule has 10 heteroatoms. The Kier molecular flexibility index (Phi) is 10.6. The van der Waals surface area contributed by atoms with Gasteiger partial charge in [0.05, 0.1) is 10.6 Å². The zero-order valence-corrected chi connectivity index (χ0v) is 23.6. The van der Waals surface area contributed by atoms with Crippen LogP contribution >= 0.6 is 23.2 Å². The van der Waals surface area contributed by atoms with Crippen molar-refractivity contribution in [2.45, 2.75) is 37.6 Å². The van der Waals surface area contributed by atoms with Gasteiger partial charge in [-0.15, -0.1) is 0 Å². The molecular weight excluding hydrogens is 545 g/mol. The summed E-state index contributed by atoms with van der Waals surface area (Å²) >= 11 is 12.1. The van der Waals surface area contributed by atoms with Crippen LogP contribution in [0.5, 0.6) is 0 Å². The number of nitrogens with zero attached hydrogens (tertiary/aromatic N) is 2. The lowest BCUT2D eigenvalue weighted by atomic mass is 10.1. The summed E-state index contributed by atoms with van der Waals surface area (Å²) in [7, 11) is -4.18. The molecule has 0 aromatic heterocycles. The van der Waals surface area contributed by atoms with Crippen LogP contribution in [-0.4, -0.2) is 50.8 Å². The van der Waals surface area contributed by atoms with Crippen molar-refractivity contribution in [3.63, 3.8) is 0 Å². The molecule has 2 amide bonds. The van der Waals surface area contributed by atoms with Gasteiger partial charge in [-0.1, -0.05) is 66.5 Å². The van der Waals surface area contributed by atoms with Crippen molar-refractivity contribution in [1.82, 2.24) is 10.2 Å². The number of benzene rings is 3. The molecule has 0 unspecified atom stereocenters. The van der Waals surface area contributed by atoms with Crippen LogP contribution in [-0.2, 0) is 26.0 Å². The van der Waals surface area contributed by atoms with Crippen LogP contribution in [0.25, 0.3) is 0 Å². The molecule has 1 atom stereocenters. The van der Waals surface area contributed by atoms with Gasteiger partial charge in [0, 0.05) is 23.1 Å². The predicted molar refractivity (Wildman–Crippen MR) is 152 cm³/mol. The first-order valence-corrected chi connectivity index (χ1v) is 14.5. The number of rotatable bonds is 12. The maximum atomic E-state index is 13.8.